The van der Waals surface area contributed by atoms with Gasteiger partial charge in [-0.2, -0.15) is 5.26 Å². The van der Waals surface area contributed by atoms with Crippen LogP contribution in [-0.4, -0.2) is 58.1 Å². The van der Waals surface area contributed by atoms with Crippen molar-refractivity contribution in [3.63, 3.8) is 0 Å². The zero-order chi connectivity index (χ0) is 20.6. The molecule has 29 heavy (non-hydrogen) atoms. The summed E-state index contributed by atoms with van der Waals surface area (Å²) in [6.07, 6.45) is 3.85. The summed E-state index contributed by atoms with van der Waals surface area (Å²) in [5.41, 5.74) is 1.23. The number of thiazole rings is 1. The van der Waals surface area contributed by atoms with Crippen LogP contribution in [0.2, 0.25) is 0 Å². The summed E-state index contributed by atoms with van der Waals surface area (Å²) in [5.74, 6) is 0.187. The van der Waals surface area contributed by atoms with Gasteiger partial charge in [0, 0.05) is 18.1 Å². The molecule has 3 heterocycles. The molecule has 1 aliphatic heterocycles. The van der Waals surface area contributed by atoms with Crippen LogP contribution in [0, 0.1) is 11.3 Å². The zero-order valence-corrected chi connectivity index (χ0v) is 17.4. The summed E-state index contributed by atoms with van der Waals surface area (Å²) in [7, 11) is 0. The van der Waals surface area contributed by atoms with Gasteiger partial charge in [0.2, 0.25) is 5.95 Å². The molecule has 9 nitrogen and oxygen atoms in total. The number of carbonyl (C=O) groups is 1. The van der Waals surface area contributed by atoms with Gasteiger partial charge < -0.3 is 15.4 Å². The topological polar surface area (TPSA) is 116 Å². The Hall–Kier alpha value is -2.61. The van der Waals surface area contributed by atoms with E-state index in [1.165, 1.54) is 11.3 Å². The number of likely N-dealkylation sites (tertiary alicyclic amines) is 1. The number of amides is 1. The molecule has 0 spiro atoms. The fraction of sp³-hybridized carbons (Fsp3) is 0.526. The van der Waals surface area contributed by atoms with Crippen LogP contribution in [0.3, 0.4) is 0 Å². The molecule has 0 saturated carbocycles. The fourth-order valence-corrected chi connectivity index (χ4v) is 3.82. The molecule has 1 fully saturated rings. The van der Waals surface area contributed by atoms with Crippen molar-refractivity contribution < 1.29 is 9.53 Å². The van der Waals surface area contributed by atoms with Gasteiger partial charge in [-0.1, -0.05) is 0 Å². The van der Waals surface area contributed by atoms with E-state index in [-0.39, 0.29) is 18.1 Å². The normalized spacial score (nSPS) is 16.7. The number of rotatable bonds is 9. The molecule has 10 heteroatoms. The van der Waals surface area contributed by atoms with Crippen LogP contribution >= 0.6 is 11.3 Å². The third-order valence-electron chi connectivity index (χ3n) is 4.45. The second-order valence-corrected chi connectivity index (χ2v) is 7.79. The smallest absolute Gasteiger partial charge is 0.270 e. The summed E-state index contributed by atoms with van der Waals surface area (Å²) in [6, 6.07) is 4.22. The van der Waals surface area contributed by atoms with Crippen molar-refractivity contribution in [2.45, 2.75) is 38.8 Å². The molecule has 2 aromatic rings. The van der Waals surface area contributed by atoms with Gasteiger partial charge in [0.05, 0.1) is 37.1 Å². The van der Waals surface area contributed by atoms with E-state index in [0.717, 1.165) is 25.1 Å². The van der Waals surface area contributed by atoms with Crippen molar-refractivity contribution >= 4 is 28.3 Å². The molecule has 1 aliphatic rings. The Kier molecular flexibility index (Phi) is 7.46. The van der Waals surface area contributed by atoms with Crippen molar-refractivity contribution in [3.05, 3.63) is 29.0 Å². The Morgan fingerprint density at radius 2 is 2.34 bits per heavy atom. The number of nitrogens with one attached hydrogen (secondary N) is 2. The predicted molar refractivity (Wildman–Crippen MR) is 110 cm³/mol. The lowest BCUT2D eigenvalue weighted by Crippen LogP contribution is -2.28. The second-order valence-electron chi connectivity index (χ2n) is 6.93. The van der Waals surface area contributed by atoms with Gasteiger partial charge in [0.15, 0.2) is 5.13 Å². The molecule has 1 saturated heterocycles. The SMILES string of the molecule is CC(C)OCCNC(=O)c1csc(Nc2nccc([C@H]3CCCN3CC#N)n2)n1. The van der Waals surface area contributed by atoms with Crippen LogP contribution in [0.15, 0.2) is 17.6 Å². The lowest BCUT2D eigenvalue weighted by atomic mass is 10.1. The number of aromatic nitrogens is 3. The summed E-state index contributed by atoms with van der Waals surface area (Å²) >= 11 is 1.32. The minimum Gasteiger partial charge on any atom is -0.377 e. The monoisotopic (exact) mass is 415 g/mol. The van der Waals surface area contributed by atoms with E-state index < -0.39 is 0 Å². The van der Waals surface area contributed by atoms with Crippen LogP contribution in [0.1, 0.15) is 48.9 Å². The van der Waals surface area contributed by atoms with Crippen LogP contribution in [0.5, 0.6) is 0 Å². The maximum atomic E-state index is 12.2. The number of nitriles is 1. The predicted octanol–water partition coefficient (Wildman–Crippen LogP) is 2.49. The summed E-state index contributed by atoms with van der Waals surface area (Å²) in [5, 5.41) is 17.1. The minimum absolute atomic E-state index is 0.129. The molecule has 2 aromatic heterocycles. The van der Waals surface area contributed by atoms with E-state index in [1.54, 1.807) is 11.6 Å². The van der Waals surface area contributed by atoms with Gasteiger partial charge in [-0.25, -0.2) is 15.0 Å². The fourth-order valence-electron chi connectivity index (χ4n) is 3.14. The molecule has 3 rings (SSSR count). The first-order valence-electron chi connectivity index (χ1n) is 9.63. The third kappa shape index (κ3) is 5.93. The number of nitrogens with zero attached hydrogens (tertiary/aromatic N) is 5. The molecule has 154 valence electrons. The van der Waals surface area contributed by atoms with Crippen molar-refractivity contribution in [1.82, 2.24) is 25.2 Å². The maximum absolute atomic E-state index is 12.2. The zero-order valence-electron chi connectivity index (χ0n) is 16.6. The minimum atomic E-state index is -0.241. The Balaban J connectivity index is 1.58. The van der Waals surface area contributed by atoms with Gasteiger partial charge in [-0.3, -0.25) is 9.69 Å². The molecule has 1 amide bonds. The molecule has 0 bridgehead atoms. The Bertz CT molecular complexity index is 864. The first kappa shape index (κ1) is 21.1. The number of carbonyl (C=O) groups excluding carboxylic acids is 1. The van der Waals surface area contributed by atoms with Crippen molar-refractivity contribution in [3.8, 4) is 6.07 Å². The van der Waals surface area contributed by atoms with Crippen molar-refractivity contribution in [2.24, 2.45) is 0 Å². The van der Waals surface area contributed by atoms with Gasteiger partial charge in [-0.05, 0) is 39.3 Å². The summed E-state index contributed by atoms with van der Waals surface area (Å²) < 4.78 is 5.41. The van der Waals surface area contributed by atoms with E-state index in [0.29, 0.717) is 36.5 Å². The molecule has 0 radical (unpaired) electrons. The number of hydrogen-bond acceptors (Lipinski definition) is 9. The summed E-state index contributed by atoms with van der Waals surface area (Å²) in [6.45, 7) is 6.09. The highest BCUT2D eigenvalue weighted by Crippen LogP contribution is 2.30. The lowest BCUT2D eigenvalue weighted by molar-refractivity contribution is 0.0745. The van der Waals surface area contributed by atoms with Crippen molar-refractivity contribution in [1.29, 1.82) is 5.26 Å². The first-order valence-corrected chi connectivity index (χ1v) is 10.5. The maximum Gasteiger partial charge on any atom is 0.270 e. The molecule has 0 aromatic carbocycles. The average Bonchev–Trinajstić information content (AvgIpc) is 3.35. The lowest BCUT2D eigenvalue weighted by Gasteiger charge is -2.21. The van der Waals surface area contributed by atoms with Gasteiger partial charge in [-0.15, -0.1) is 11.3 Å². The van der Waals surface area contributed by atoms with Crippen LogP contribution in [0.25, 0.3) is 0 Å². The molecule has 0 unspecified atom stereocenters. The highest BCUT2D eigenvalue weighted by Gasteiger charge is 2.27. The Labute approximate surface area is 174 Å². The summed E-state index contributed by atoms with van der Waals surface area (Å²) in [4.78, 5) is 27.4. The van der Waals surface area contributed by atoms with Gasteiger partial charge in [0.25, 0.3) is 5.91 Å². The third-order valence-corrected chi connectivity index (χ3v) is 5.21. The van der Waals surface area contributed by atoms with E-state index in [9.17, 15) is 4.79 Å². The van der Waals surface area contributed by atoms with Crippen LogP contribution in [-0.2, 0) is 4.74 Å². The second kappa shape index (κ2) is 10.2. The van der Waals surface area contributed by atoms with E-state index in [1.807, 2.05) is 19.9 Å². The number of anilines is 2. The van der Waals surface area contributed by atoms with E-state index >= 15 is 0 Å². The molecular weight excluding hydrogens is 390 g/mol. The molecule has 1 atom stereocenters. The molecule has 0 aliphatic carbocycles. The van der Waals surface area contributed by atoms with Crippen molar-refractivity contribution in [2.75, 3.05) is 31.6 Å². The van der Waals surface area contributed by atoms with E-state index in [2.05, 4.69) is 36.6 Å². The van der Waals surface area contributed by atoms with Gasteiger partial charge >= 0.3 is 0 Å². The van der Waals surface area contributed by atoms with Gasteiger partial charge in [0.1, 0.15) is 5.69 Å². The Morgan fingerprint density at radius 3 is 3.14 bits per heavy atom. The quantitative estimate of drug-likeness (QED) is 0.474. The highest BCUT2D eigenvalue weighted by atomic mass is 32.1. The van der Waals surface area contributed by atoms with Crippen LogP contribution < -0.4 is 10.6 Å². The highest BCUT2D eigenvalue weighted by molar-refractivity contribution is 7.14. The van der Waals surface area contributed by atoms with E-state index in [4.69, 9.17) is 10.00 Å². The molecular formula is C19H25N7O2S. The average molecular weight is 416 g/mol. The Morgan fingerprint density at radius 1 is 1.48 bits per heavy atom. The number of ether oxygens (including phenoxy) is 1. The van der Waals surface area contributed by atoms with Crippen LogP contribution in [0.4, 0.5) is 11.1 Å². The molecule has 2 N–H and O–H groups in total. The standard InChI is InChI=1S/C19H25N7O2S/c1-13(2)28-11-8-21-17(27)15-12-29-19(24-15)25-18-22-7-5-14(23-18)16-4-3-9-26(16)10-6-20/h5,7,12-13,16H,3-4,8-11H2,1-2H3,(H,21,27)(H,22,23,24,25)/t16-/m1/s1. The first-order chi connectivity index (χ1) is 14.1. The largest absolute Gasteiger partial charge is 0.377 e. The number of hydrogen-bond donors (Lipinski definition) is 2.